The molecule has 7 nitrogen and oxygen atoms in total. The molecule has 1 saturated heterocycles. The summed E-state index contributed by atoms with van der Waals surface area (Å²) in [4.78, 5) is 29.3. The molecule has 0 unspecified atom stereocenters. The van der Waals surface area contributed by atoms with Crippen molar-refractivity contribution in [1.29, 1.82) is 0 Å². The molecule has 0 bridgehead atoms. The molecule has 1 N–H and O–H groups in total. The number of anilines is 2. The van der Waals surface area contributed by atoms with E-state index in [1.54, 1.807) is 30.3 Å². The second kappa shape index (κ2) is 8.68. The number of aromatic nitrogens is 1. The van der Waals surface area contributed by atoms with E-state index in [1.165, 1.54) is 12.0 Å². The number of methoxy groups -OCH3 is 1. The van der Waals surface area contributed by atoms with Gasteiger partial charge in [-0.2, -0.15) is 0 Å². The van der Waals surface area contributed by atoms with Gasteiger partial charge in [-0.3, -0.25) is 14.9 Å². The van der Waals surface area contributed by atoms with Gasteiger partial charge in [0.15, 0.2) is 5.11 Å². The molecule has 8 heteroatoms. The molecule has 3 aromatic rings. The number of carbonyl (C=O) groups is 2. The highest BCUT2D eigenvalue weighted by Crippen LogP contribution is 2.31. The Morgan fingerprint density at radius 1 is 1.00 bits per heavy atom. The second-order valence-electron chi connectivity index (χ2n) is 7.34. The lowest BCUT2D eigenvalue weighted by molar-refractivity contribution is -0.122. The number of hydrogen-bond donors (Lipinski definition) is 1. The highest BCUT2D eigenvalue weighted by Gasteiger charge is 2.36. The van der Waals surface area contributed by atoms with Crippen molar-refractivity contribution in [3.8, 4) is 11.4 Å². The first kappa shape index (κ1) is 21.3. The summed E-state index contributed by atoms with van der Waals surface area (Å²) in [5, 5.41) is 2.62. The van der Waals surface area contributed by atoms with E-state index >= 15 is 0 Å². The van der Waals surface area contributed by atoms with Crippen LogP contribution in [0.3, 0.4) is 0 Å². The van der Waals surface area contributed by atoms with Gasteiger partial charge in [-0.1, -0.05) is 12.1 Å². The SMILES string of the molecule is COc1ccccc1N1C(=O)/C(=C/c2cccn2-c2ccc(N(C)C)cc2)C(=O)NC1=S. The maximum Gasteiger partial charge on any atom is 0.270 e. The van der Waals surface area contributed by atoms with Crippen LogP contribution in [0.15, 0.2) is 72.4 Å². The van der Waals surface area contributed by atoms with Gasteiger partial charge >= 0.3 is 0 Å². The average Bonchev–Trinajstić information content (AvgIpc) is 3.25. The van der Waals surface area contributed by atoms with E-state index in [4.69, 9.17) is 17.0 Å². The van der Waals surface area contributed by atoms with Gasteiger partial charge in [0, 0.05) is 37.4 Å². The summed E-state index contributed by atoms with van der Waals surface area (Å²) in [6.45, 7) is 0. The Balaban J connectivity index is 1.73. The van der Waals surface area contributed by atoms with Crippen molar-refractivity contribution in [2.24, 2.45) is 0 Å². The van der Waals surface area contributed by atoms with Crippen LogP contribution in [0.2, 0.25) is 0 Å². The monoisotopic (exact) mass is 446 g/mol. The van der Waals surface area contributed by atoms with Crippen LogP contribution < -0.4 is 19.9 Å². The molecule has 0 atom stereocenters. The average molecular weight is 447 g/mol. The molecule has 0 saturated carbocycles. The number of hydrogen-bond acceptors (Lipinski definition) is 5. The molecular formula is C24H22N4O3S. The number of ether oxygens (including phenoxy) is 1. The largest absolute Gasteiger partial charge is 0.495 e. The van der Waals surface area contributed by atoms with Gasteiger partial charge in [0.05, 0.1) is 12.8 Å². The van der Waals surface area contributed by atoms with E-state index in [9.17, 15) is 9.59 Å². The van der Waals surface area contributed by atoms with Crippen molar-refractivity contribution in [2.75, 3.05) is 31.0 Å². The van der Waals surface area contributed by atoms with Crippen LogP contribution in [0.4, 0.5) is 11.4 Å². The van der Waals surface area contributed by atoms with Gasteiger partial charge in [0.1, 0.15) is 11.3 Å². The molecule has 2 heterocycles. The lowest BCUT2D eigenvalue weighted by Crippen LogP contribution is -2.54. The normalized spacial score (nSPS) is 15.2. The zero-order valence-electron chi connectivity index (χ0n) is 17.9. The number of nitrogens with one attached hydrogen (secondary N) is 1. The molecule has 0 radical (unpaired) electrons. The molecular weight excluding hydrogens is 424 g/mol. The topological polar surface area (TPSA) is 66.8 Å². The van der Waals surface area contributed by atoms with Crippen LogP contribution in [-0.2, 0) is 9.59 Å². The van der Waals surface area contributed by atoms with Crippen LogP contribution >= 0.6 is 12.2 Å². The highest BCUT2D eigenvalue weighted by molar-refractivity contribution is 7.80. The quantitative estimate of drug-likeness (QED) is 0.370. The standard InChI is InChI=1S/C24H22N4O3S/c1-26(2)16-10-12-17(13-11-16)27-14-6-7-18(27)15-19-22(29)25-24(32)28(23(19)30)20-8-4-5-9-21(20)31-3/h4-15H,1-3H3,(H,25,29,32)/b19-15+. The fourth-order valence-corrected chi connectivity index (χ4v) is 3.77. The molecule has 1 fully saturated rings. The number of nitrogens with zero attached hydrogens (tertiary/aromatic N) is 3. The van der Waals surface area contributed by atoms with Crippen LogP contribution in [-0.4, -0.2) is 42.7 Å². The van der Waals surface area contributed by atoms with Gasteiger partial charge in [0.2, 0.25) is 0 Å². The van der Waals surface area contributed by atoms with Crippen molar-refractivity contribution in [3.63, 3.8) is 0 Å². The van der Waals surface area contributed by atoms with Crippen molar-refractivity contribution in [2.45, 2.75) is 0 Å². The Morgan fingerprint density at radius 3 is 2.41 bits per heavy atom. The first-order valence-corrected chi connectivity index (χ1v) is 10.3. The molecule has 0 aliphatic carbocycles. The lowest BCUT2D eigenvalue weighted by Gasteiger charge is -2.29. The second-order valence-corrected chi connectivity index (χ2v) is 7.73. The fraction of sp³-hybridized carbons (Fsp3) is 0.125. The van der Waals surface area contributed by atoms with Gasteiger partial charge in [0.25, 0.3) is 11.8 Å². The van der Waals surface area contributed by atoms with Crippen molar-refractivity contribution in [1.82, 2.24) is 9.88 Å². The first-order valence-electron chi connectivity index (χ1n) is 9.90. The molecule has 32 heavy (non-hydrogen) atoms. The molecule has 162 valence electrons. The van der Waals surface area contributed by atoms with E-state index in [2.05, 4.69) is 5.32 Å². The third-order valence-electron chi connectivity index (χ3n) is 5.14. The summed E-state index contributed by atoms with van der Waals surface area (Å²) in [5.74, 6) is -0.580. The molecule has 2 aromatic carbocycles. The van der Waals surface area contributed by atoms with E-state index in [-0.39, 0.29) is 10.7 Å². The van der Waals surface area contributed by atoms with Crippen LogP contribution in [0.25, 0.3) is 11.8 Å². The maximum absolute atomic E-state index is 13.3. The van der Waals surface area contributed by atoms with Crippen LogP contribution in [0.5, 0.6) is 5.75 Å². The van der Waals surface area contributed by atoms with Gasteiger partial charge < -0.3 is 14.2 Å². The number of benzene rings is 2. The Kier molecular flexibility index (Phi) is 5.79. The Bertz CT molecular complexity index is 1230. The molecule has 1 aromatic heterocycles. The predicted molar refractivity (Wildman–Crippen MR) is 129 cm³/mol. The van der Waals surface area contributed by atoms with Crippen LogP contribution in [0, 0.1) is 0 Å². The summed E-state index contributed by atoms with van der Waals surface area (Å²) in [6, 6.07) is 18.7. The fourth-order valence-electron chi connectivity index (χ4n) is 3.50. The molecule has 2 amide bonds. The Hall–Kier alpha value is -3.91. The summed E-state index contributed by atoms with van der Waals surface area (Å²) in [7, 11) is 5.47. The number of rotatable bonds is 5. The van der Waals surface area contributed by atoms with Crippen molar-refractivity contribution in [3.05, 3.63) is 78.1 Å². The third-order valence-corrected chi connectivity index (χ3v) is 5.43. The summed E-state index contributed by atoms with van der Waals surface area (Å²) < 4.78 is 7.28. The molecule has 1 aliphatic heterocycles. The minimum absolute atomic E-state index is 0.0105. The maximum atomic E-state index is 13.3. The molecule has 0 spiro atoms. The minimum atomic E-state index is -0.540. The Labute approximate surface area is 191 Å². The van der Waals surface area contributed by atoms with Gasteiger partial charge in [-0.05, 0) is 66.8 Å². The smallest absolute Gasteiger partial charge is 0.270 e. The van der Waals surface area contributed by atoms with E-state index < -0.39 is 11.8 Å². The van der Waals surface area contributed by atoms with Crippen molar-refractivity contribution < 1.29 is 14.3 Å². The summed E-state index contributed by atoms with van der Waals surface area (Å²) in [5.41, 5.74) is 3.12. The Morgan fingerprint density at radius 2 is 1.72 bits per heavy atom. The van der Waals surface area contributed by atoms with E-state index in [0.29, 0.717) is 17.1 Å². The number of carbonyl (C=O) groups excluding carboxylic acids is 2. The number of thiocarbonyl (C=S) groups is 1. The molecule has 1 aliphatic rings. The third kappa shape index (κ3) is 3.88. The van der Waals surface area contributed by atoms with Gasteiger partial charge in [-0.15, -0.1) is 0 Å². The predicted octanol–water partition coefficient (Wildman–Crippen LogP) is 3.38. The van der Waals surface area contributed by atoms with Gasteiger partial charge in [-0.25, -0.2) is 4.90 Å². The minimum Gasteiger partial charge on any atom is -0.495 e. The summed E-state index contributed by atoms with van der Waals surface area (Å²) >= 11 is 5.29. The van der Waals surface area contributed by atoms with Crippen LogP contribution in [0.1, 0.15) is 5.69 Å². The van der Waals surface area contributed by atoms with Crippen molar-refractivity contribution >= 4 is 46.6 Å². The zero-order valence-corrected chi connectivity index (χ0v) is 18.7. The highest BCUT2D eigenvalue weighted by atomic mass is 32.1. The number of para-hydroxylation sites is 2. The summed E-state index contributed by atoms with van der Waals surface area (Å²) in [6.07, 6.45) is 3.45. The first-order chi connectivity index (χ1) is 15.4. The molecule has 4 rings (SSSR count). The van der Waals surface area contributed by atoms with E-state index in [1.807, 2.05) is 66.2 Å². The number of amides is 2. The van der Waals surface area contributed by atoms with E-state index in [0.717, 1.165) is 11.4 Å². The zero-order chi connectivity index (χ0) is 22.8. The lowest BCUT2D eigenvalue weighted by atomic mass is 10.1.